The van der Waals surface area contributed by atoms with Crippen LogP contribution in [0.25, 0.3) is 21.9 Å². The van der Waals surface area contributed by atoms with Crippen LogP contribution in [0.5, 0.6) is 5.75 Å². The fourth-order valence-corrected chi connectivity index (χ4v) is 2.81. The van der Waals surface area contributed by atoms with Crippen LogP contribution in [0.15, 0.2) is 40.8 Å². The monoisotopic (exact) mass is 384 g/mol. The van der Waals surface area contributed by atoms with Crippen molar-refractivity contribution in [2.24, 2.45) is 0 Å². The molecule has 0 bridgehead atoms. The highest BCUT2D eigenvalue weighted by Crippen LogP contribution is 2.36. The fraction of sp³-hybridized carbons (Fsp3) is 0.333. The Morgan fingerprint density at radius 1 is 1.07 bits per heavy atom. The van der Waals surface area contributed by atoms with E-state index < -0.39 is 23.6 Å². The Hall–Kier alpha value is -3.22. The van der Waals surface area contributed by atoms with Crippen LogP contribution in [-0.2, 0) is 9.53 Å². The van der Waals surface area contributed by atoms with Gasteiger partial charge in [0.05, 0.1) is 12.8 Å². The molecular weight excluding hydrogens is 360 g/mol. The quantitative estimate of drug-likeness (QED) is 0.694. The second kappa shape index (κ2) is 7.42. The van der Waals surface area contributed by atoms with Gasteiger partial charge in [0.2, 0.25) is 5.91 Å². The maximum absolute atomic E-state index is 12.5. The number of alkyl carbamates (subject to hydrolysis) is 1. The summed E-state index contributed by atoms with van der Waals surface area (Å²) in [5.41, 5.74) is 1.19. The lowest BCUT2D eigenvalue weighted by molar-refractivity contribution is -0.117. The van der Waals surface area contributed by atoms with E-state index in [0.717, 1.165) is 16.4 Å². The van der Waals surface area contributed by atoms with E-state index in [0.29, 0.717) is 17.0 Å². The highest BCUT2D eigenvalue weighted by molar-refractivity contribution is 6.08. The summed E-state index contributed by atoms with van der Waals surface area (Å²) >= 11 is 0. The Kier molecular flexibility index (Phi) is 5.18. The van der Waals surface area contributed by atoms with Crippen LogP contribution in [0.4, 0.5) is 10.5 Å². The number of ether oxygens (including phenoxy) is 2. The average molecular weight is 384 g/mol. The number of amides is 2. The molecule has 148 valence electrons. The number of nitrogens with one attached hydrogen (secondary N) is 2. The molecule has 1 atom stereocenters. The van der Waals surface area contributed by atoms with Crippen molar-refractivity contribution in [2.45, 2.75) is 39.3 Å². The molecule has 1 aromatic heterocycles. The zero-order chi connectivity index (χ0) is 20.5. The fourth-order valence-electron chi connectivity index (χ4n) is 2.81. The van der Waals surface area contributed by atoms with Crippen molar-refractivity contribution in [1.29, 1.82) is 0 Å². The molecular formula is C21H24N2O5. The van der Waals surface area contributed by atoms with Crippen LogP contribution >= 0.6 is 0 Å². The summed E-state index contributed by atoms with van der Waals surface area (Å²) < 4.78 is 16.5. The number of furan rings is 1. The van der Waals surface area contributed by atoms with E-state index in [-0.39, 0.29) is 0 Å². The molecule has 0 saturated heterocycles. The zero-order valence-corrected chi connectivity index (χ0v) is 16.6. The number of hydrogen-bond donors (Lipinski definition) is 2. The summed E-state index contributed by atoms with van der Waals surface area (Å²) in [7, 11) is 1.53. The van der Waals surface area contributed by atoms with Gasteiger partial charge >= 0.3 is 6.09 Å². The molecule has 1 heterocycles. The first-order valence-corrected chi connectivity index (χ1v) is 8.97. The molecule has 0 unspecified atom stereocenters. The number of benzene rings is 2. The van der Waals surface area contributed by atoms with Crippen molar-refractivity contribution in [1.82, 2.24) is 5.32 Å². The van der Waals surface area contributed by atoms with Crippen LogP contribution in [-0.4, -0.2) is 30.8 Å². The molecule has 0 aliphatic rings. The third kappa shape index (κ3) is 4.19. The predicted molar refractivity (Wildman–Crippen MR) is 108 cm³/mol. The minimum absolute atomic E-state index is 0.403. The van der Waals surface area contributed by atoms with Gasteiger partial charge in [-0.25, -0.2) is 4.79 Å². The Morgan fingerprint density at radius 3 is 2.46 bits per heavy atom. The second-order valence-corrected chi connectivity index (χ2v) is 7.50. The molecule has 2 aromatic carbocycles. The van der Waals surface area contributed by atoms with Gasteiger partial charge < -0.3 is 24.5 Å². The normalized spacial score (nSPS) is 12.6. The van der Waals surface area contributed by atoms with Gasteiger partial charge in [-0.3, -0.25) is 4.79 Å². The topological polar surface area (TPSA) is 89.8 Å². The Morgan fingerprint density at radius 2 is 1.79 bits per heavy atom. The van der Waals surface area contributed by atoms with Crippen molar-refractivity contribution in [3.05, 3.63) is 36.4 Å². The van der Waals surface area contributed by atoms with Gasteiger partial charge in [-0.2, -0.15) is 0 Å². The second-order valence-electron chi connectivity index (χ2n) is 7.50. The van der Waals surface area contributed by atoms with Gasteiger partial charge in [0.15, 0.2) is 0 Å². The maximum Gasteiger partial charge on any atom is 0.408 e. The average Bonchev–Trinajstić information content (AvgIpc) is 2.96. The third-order valence-corrected chi connectivity index (χ3v) is 4.08. The van der Waals surface area contributed by atoms with E-state index in [2.05, 4.69) is 10.6 Å². The summed E-state index contributed by atoms with van der Waals surface area (Å²) in [6.07, 6.45) is -0.658. The van der Waals surface area contributed by atoms with E-state index >= 15 is 0 Å². The van der Waals surface area contributed by atoms with E-state index in [1.54, 1.807) is 33.8 Å². The summed E-state index contributed by atoms with van der Waals surface area (Å²) in [6, 6.07) is 10.4. The molecule has 3 aromatic rings. The highest BCUT2D eigenvalue weighted by atomic mass is 16.6. The van der Waals surface area contributed by atoms with Gasteiger partial charge in [-0.15, -0.1) is 0 Å². The van der Waals surface area contributed by atoms with E-state index in [4.69, 9.17) is 13.9 Å². The molecule has 7 heteroatoms. The van der Waals surface area contributed by atoms with Crippen molar-refractivity contribution in [3.63, 3.8) is 0 Å². The summed E-state index contributed by atoms with van der Waals surface area (Å²) in [6.45, 7) is 6.84. The molecule has 0 aliphatic carbocycles. The van der Waals surface area contributed by atoms with Crippen molar-refractivity contribution in [3.8, 4) is 5.75 Å². The van der Waals surface area contributed by atoms with Crippen molar-refractivity contribution < 1.29 is 23.5 Å². The number of para-hydroxylation sites is 1. The van der Waals surface area contributed by atoms with Gasteiger partial charge in [0, 0.05) is 16.8 Å². The number of carbonyl (C=O) groups excluding carboxylic acids is 2. The van der Waals surface area contributed by atoms with Crippen LogP contribution < -0.4 is 15.4 Å². The molecule has 7 nitrogen and oxygen atoms in total. The zero-order valence-electron chi connectivity index (χ0n) is 16.6. The third-order valence-electron chi connectivity index (χ3n) is 4.08. The minimum Gasteiger partial charge on any atom is -0.495 e. The summed E-state index contributed by atoms with van der Waals surface area (Å²) in [5.74, 6) is 0.0940. The number of methoxy groups -OCH3 is 1. The van der Waals surface area contributed by atoms with E-state index in [1.807, 2.05) is 30.3 Å². The smallest absolute Gasteiger partial charge is 0.408 e. The van der Waals surface area contributed by atoms with Gasteiger partial charge in [-0.05, 0) is 39.8 Å². The van der Waals surface area contributed by atoms with Crippen LogP contribution in [0.3, 0.4) is 0 Å². The Bertz CT molecular complexity index is 1030. The first kappa shape index (κ1) is 19.5. The molecule has 28 heavy (non-hydrogen) atoms. The molecule has 3 rings (SSSR count). The summed E-state index contributed by atoms with van der Waals surface area (Å²) in [5, 5.41) is 7.15. The minimum atomic E-state index is -0.800. The van der Waals surface area contributed by atoms with Crippen molar-refractivity contribution in [2.75, 3.05) is 12.4 Å². The number of hydrogen-bond acceptors (Lipinski definition) is 5. The molecule has 2 amide bonds. The maximum atomic E-state index is 12.5. The number of rotatable bonds is 4. The SMILES string of the molecule is COc1cc2c(cc1NC(=O)[C@@H](C)NC(=O)OC(C)(C)C)oc1ccccc12. The number of carbonyl (C=O) groups is 2. The van der Waals surface area contributed by atoms with Crippen LogP contribution in [0.1, 0.15) is 27.7 Å². The van der Waals surface area contributed by atoms with Crippen LogP contribution in [0, 0.1) is 0 Å². The largest absolute Gasteiger partial charge is 0.495 e. The van der Waals surface area contributed by atoms with Crippen molar-refractivity contribution >= 4 is 39.6 Å². The number of anilines is 1. The Labute approximate surface area is 163 Å². The van der Waals surface area contributed by atoms with E-state index in [1.165, 1.54) is 7.11 Å². The summed E-state index contributed by atoms with van der Waals surface area (Å²) in [4.78, 5) is 24.4. The number of fused-ring (bicyclic) bond motifs is 3. The first-order chi connectivity index (χ1) is 13.2. The highest BCUT2D eigenvalue weighted by Gasteiger charge is 2.22. The van der Waals surface area contributed by atoms with Gasteiger partial charge in [-0.1, -0.05) is 18.2 Å². The molecule has 0 spiro atoms. The predicted octanol–water partition coefficient (Wildman–Crippen LogP) is 4.45. The molecule has 0 aliphatic heterocycles. The van der Waals surface area contributed by atoms with Gasteiger partial charge in [0.1, 0.15) is 28.6 Å². The lowest BCUT2D eigenvalue weighted by Gasteiger charge is -2.21. The van der Waals surface area contributed by atoms with Crippen LogP contribution in [0.2, 0.25) is 0 Å². The molecule has 0 saturated carbocycles. The van der Waals surface area contributed by atoms with Gasteiger partial charge in [0.25, 0.3) is 0 Å². The molecule has 0 fully saturated rings. The Balaban J connectivity index is 1.81. The standard InChI is InChI=1S/C21H24N2O5/c1-12(22-20(25)28-21(2,3)4)19(24)23-15-11-17-14(10-18(15)26-5)13-8-6-7-9-16(13)27-17/h6-12H,1-5H3,(H,22,25)(H,23,24)/t12-/m1/s1. The molecule has 0 radical (unpaired) electrons. The van der Waals surface area contributed by atoms with E-state index in [9.17, 15) is 9.59 Å². The molecule has 2 N–H and O–H groups in total. The first-order valence-electron chi connectivity index (χ1n) is 8.97. The lowest BCUT2D eigenvalue weighted by atomic mass is 10.1. The lowest BCUT2D eigenvalue weighted by Crippen LogP contribution is -2.44.